The first-order valence-electron chi connectivity index (χ1n) is 11.3. The number of esters is 2. The second-order valence-corrected chi connectivity index (χ2v) is 11.2. The monoisotopic (exact) mass is 408 g/mol. The third-order valence-corrected chi connectivity index (χ3v) is 8.75. The molecule has 0 amide bonds. The van der Waals surface area contributed by atoms with Crippen LogP contribution in [-0.4, -0.2) is 35.3 Å². The summed E-state index contributed by atoms with van der Waals surface area (Å²) in [6.07, 6.45) is 5.63. The van der Waals surface area contributed by atoms with Gasteiger partial charge in [-0.2, -0.15) is 0 Å². The molecular formula is C24H40O5. The van der Waals surface area contributed by atoms with Crippen LogP contribution < -0.4 is 0 Å². The largest absolute Gasteiger partial charge is 0.460 e. The van der Waals surface area contributed by atoms with Crippen molar-refractivity contribution in [3.8, 4) is 0 Å². The predicted molar refractivity (Wildman–Crippen MR) is 111 cm³/mol. The van der Waals surface area contributed by atoms with Gasteiger partial charge in [0.1, 0.15) is 23.4 Å². The maximum absolute atomic E-state index is 12.0. The third-order valence-electron chi connectivity index (χ3n) is 8.75. The van der Waals surface area contributed by atoms with Crippen molar-refractivity contribution in [1.29, 1.82) is 0 Å². The van der Waals surface area contributed by atoms with Gasteiger partial charge in [0.15, 0.2) is 0 Å². The van der Waals surface area contributed by atoms with Gasteiger partial charge in [-0.1, -0.05) is 27.2 Å². The van der Waals surface area contributed by atoms with Crippen molar-refractivity contribution in [2.75, 3.05) is 0 Å². The van der Waals surface area contributed by atoms with Gasteiger partial charge in [0.2, 0.25) is 0 Å². The van der Waals surface area contributed by atoms with Gasteiger partial charge in [-0.25, -0.2) is 0 Å². The first kappa shape index (κ1) is 22.6. The molecule has 166 valence electrons. The highest BCUT2D eigenvalue weighted by atomic mass is 16.6. The molecule has 0 aromatic rings. The summed E-state index contributed by atoms with van der Waals surface area (Å²) in [5, 5.41) is 0. The highest BCUT2D eigenvalue weighted by molar-refractivity contribution is 5.66. The van der Waals surface area contributed by atoms with Gasteiger partial charge in [0.05, 0.1) is 0 Å². The summed E-state index contributed by atoms with van der Waals surface area (Å²) in [7, 11) is 0. The van der Waals surface area contributed by atoms with E-state index in [1.165, 1.54) is 33.1 Å². The fraction of sp³-hybridized carbons (Fsp3) is 0.917. The van der Waals surface area contributed by atoms with Crippen LogP contribution >= 0.6 is 0 Å². The van der Waals surface area contributed by atoms with E-state index in [2.05, 4.69) is 27.7 Å². The molecular weight excluding hydrogens is 368 g/mol. The zero-order valence-electron chi connectivity index (χ0n) is 19.6. The molecule has 5 heteroatoms. The molecule has 7 atom stereocenters. The Kier molecular flexibility index (Phi) is 5.64. The molecule has 0 N–H and O–H groups in total. The SMILES string of the molecule is CC(=O)O[C@H]1C[C@H]2C(C)(C)CCC[C@]2(C)[C@H]2CC[C@](C)([C@H](C)OC(C)=O)O[C@]12C. The van der Waals surface area contributed by atoms with E-state index in [0.717, 1.165) is 19.3 Å². The summed E-state index contributed by atoms with van der Waals surface area (Å²) >= 11 is 0. The van der Waals surface area contributed by atoms with Gasteiger partial charge < -0.3 is 14.2 Å². The molecule has 3 aliphatic rings. The lowest BCUT2D eigenvalue weighted by Gasteiger charge is -2.67. The summed E-state index contributed by atoms with van der Waals surface area (Å²) in [5.41, 5.74) is -0.813. The molecule has 0 spiro atoms. The van der Waals surface area contributed by atoms with Crippen LogP contribution in [0.3, 0.4) is 0 Å². The molecule has 5 nitrogen and oxygen atoms in total. The van der Waals surface area contributed by atoms with Crippen LogP contribution in [0.2, 0.25) is 0 Å². The van der Waals surface area contributed by atoms with Crippen molar-refractivity contribution in [3.05, 3.63) is 0 Å². The van der Waals surface area contributed by atoms with Crippen LogP contribution in [0.15, 0.2) is 0 Å². The number of carbonyl (C=O) groups is 2. The van der Waals surface area contributed by atoms with E-state index in [9.17, 15) is 9.59 Å². The van der Waals surface area contributed by atoms with Crippen molar-refractivity contribution < 1.29 is 23.8 Å². The Bertz CT molecular complexity index is 672. The first-order chi connectivity index (χ1) is 13.2. The molecule has 29 heavy (non-hydrogen) atoms. The topological polar surface area (TPSA) is 61.8 Å². The molecule has 0 aromatic carbocycles. The molecule has 0 bridgehead atoms. The molecule has 3 rings (SSSR count). The molecule has 0 unspecified atom stereocenters. The Labute approximate surface area is 176 Å². The molecule has 2 saturated carbocycles. The minimum atomic E-state index is -0.595. The van der Waals surface area contributed by atoms with Crippen molar-refractivity contribution in [2.45, 2.75) is 117 Å². The lowest BCUT2D eigenvalue weighted by Crippen LogP contribution is -2.70. The number of carbonyl (C=O) groups excluding carboxylic acids is 2. The van der Waals surface area contributed by atoms with E-state index in [4.69, 9.17) is 14.2 Å². The van der Waals surface area contributed by atoms with Crippen molar-refractivity contribution in [1.82, 2.24) is 0 Å². The smallest absolute Gasteiger partial charge is 0.303 e. The average Bonchev–Trinajstić information content (AvgIpc) is 2.55. The van der Waals surface area contributed by atoms with Crippen LogP contribution in [0.4, 0.5) is 0 Å². The summed E-state index contributed by atoms with van der Waals surface area (Å²) in [5.74, 6) is 0.243. The summed E-state index contributed by atoms with van der Waals surface area (Å²) in [6, 6.07) is 0. The lowest BCUT2D eigenvalue weighted by molar-refractivity contribution is -0.317. The van der Waals surface area contributed by atoms with Gasteiger partial charge in [-0.15, -0.1) is 0 Å². The van der Waals surface area contributed by atoms with Gasteiger partial charge in [0, 0.05) is 13.8 Å². The standard InChI is InChI=1S/C24H40O5/c1-15(27-16(2)25)23(7)13-10-18-22(6)12-9-11-21(4,5)19(22)14-20(28-17(3)26)24(18,8)29-23/h15,18-20H,9-14H2,1-8H3/t15-,18+,19-,20-,22+,23+,24-/m0/s1. The van der Waals surface area contributed by atoms with E-state index in [1.54, 1.807) is 0 Å². The van der Waals surface area contributed by atoms with Gasteiger partial charge >= 0.3 is 11.9 Å². The van der Waals surface area contributed by atoms with E-state index in [0.29, 0.717) is 11.8 Å². The zero-order chi connectivity index (χ0) is 21.8. The number of hydrogen-bond acceptors (Lipinski definition) is 5. The minimum absolute atomic E-state index is 0.152. The molecule has 2 aliphatic carbocycles. The normalized spacial score (nSPS) is 44.8. The van der Waals surface area contributed by atoms with Gasteiger partial charge in [0.25, 0.3) is 0 Å². The van der Waals surface area contributed by atoms with Crippen molar-refractivity contribution in [2.24, 2.45) is 22.7 Å². The first-order valence-corrected chi connectivity index (χ1v) is 11.3. The molecule has 3 fully saturated rings. The fourth-order valence-corrected chi connectivity index (χ4v) is 7.26. The quantitative estimate of drug-likeness (QED) is 0.612. The minimum Gasteiger partial charge on any atom is -0.460 e. The maximum atomic E-state index is 12.0. The molecule has 1 saturated heterocycles. The van der Waals surface area contributed by atoms with Crippen LogP contribution in [0.25, 0.3) is 0 Å². The Morgan fingerprint density at radius 2 is 1.62 bits per heavy atom. The Balaban J connectivity index is 2.00. The lowest BCUT2D eigenvalue weighted by atomic mass is 9.43. The fourth-order valence-electron chi connectivity index (χ4n) is 7.26. The number of ether oxygens (including phenoxy) is 3. The number of fused-ring (bicyclic) bond motifs is 3. The van der Waals surface area contributed by atoms with E-state index >= 15 is 0 Å². The maximum Gasteiger partial charge on any atom is 0.303 e. The zero-order valence-corrected chi connectivity index (χ0v) is 19.6. The Hall–Kier alpha value is -1.10. The van der Waals surface area contributed by atoms with Crippen LogP contribution in [0.1, 0.15) is 93.9 Å². The summed E-state index contributed by atoms with van der Waals surface area (Å²) < 4.78 is 18.3. The average molecular weight is 409 g/mol. The Morgan fingerprint density at radius 1 is 0.966 bits per heavy atom. The second-order valence-electron chi connectivity index (χ2n) is 11.2. The summed E-state index contributed by atoms with van der Waals surface area (Å²) in [6.45, 7) is 16.2. The van der Waals surface area contributed by atoms with Gasteiger partial charge in [-0.05, 0) is 75.5 Å². The van der Waals surface area contributed by atoms with Crippen LogP contribution in [-0.2, 0) is 23.8 Å². The highest BCUT2D eigenvalue weighted by Crippen LogP contribution is 2.66. The number of hydrogen-bond donors (Lipinski definition) is 0. The van der Waals surface area contributed by atoms with Crippen molar-refractivity contribution >= 4 is 11.9 Å². The second kappa shape index (κ2) is 7.25. The number of rotatable bonds is 3. The molecule has 1 heterocycles. The Morgan fingerprint density at radius 3 is 2.21 bits per heavy atom. The highest BCUT2D eigenvalue weighted by Gasteiger charge is 2.66. The molecule has 0 aromatic heterocycles. The predicted octanol–water partition coefficient (Wildman–Crippen LogP) is 5.05. The van der Waals surface area contributed by atoms with E-state index in [1.807, 2.05) is 13.8 Å². The van der Waals surface area contributed by atoms with Crippen LogP contribution in [0.5, 0.6) is 0 Å². The van der Waals surface area contributed by atoms with E-state index in [-0.39, 0.29) is 35.0 Å². The molecule has 1 aliphatic heterocycles. The summed E-state index contributed by atoms with van der Waals surface area (Å²) in [4.78, 5) is 23.6. The molecule has 0 radical (unpaired) electrons. The van der Waals surface area contributed by atoms with Crippen molar-refractivity contribution in [3.63, 3.8) is 0 Å². The van der Waals surface area contributed by atoms with Crippen LogP contribution in [0, 0.1) is 22.7 Å². The van der Waals surface area contributed by atoms with E-state index < -0.39 is 11.2 Å². The van der Waals surface area contributed by atoms with Gasteiger partial charge in [-0.3, -0.25) is 9.59 Å². The third kappa shape index (κ3) is 3.73.